The molecule has 0 aromatic heterocycles. The van der Waals surface area contributed by atoms with E-state index in [0.717, 1.165) is 18.6 Å². The van der Waals surface area contributed by atoms with E-state index in [9.17, 15) is 9.59 Å². The normalized spacial score (nSPS) is 9.90. The molecule has 1 rings (SSSR count). The van der Waals surface area contributed by atoms with Crippen LogP contribution in [0.15, 0.2) is 30.3 Å². The van der Waals surface area contributed by atoms with Gasteiger partial charge in [0.05, 0.1) is 6.54 Å². The molecule has 0 saturated carbocycles. The van der Waals surface area contributed by atoms with Crippen molar-refractivity contribution < 1.29 is 19.4 Å². The number of ether oxygens (including phenoxy) is 1. The monoisotopic (exact) mass is 294 g/mol. The zero-order chi connectivity index (χ0) is 15.3. The third-order valence-corrected chi connectivity index (χ3v) is 2.75. The number of carbonyl (C=O) groups excluding carboxylic acids is 1. The second-order valence-corrected chi connectivity index (χ2v) is 4.55. The smallest absolute Gasteiger partial charge is 0.314 e. The summed E-state index contributed by atoms with van der Waals surface area (Å²) in [7, 11) is 0. The van der Waals surface area contributed by atoms with Crippen LogP contribution in [-0.4, -0.2) is 36.8 Å². The summed E-state index contributed by atoms with van der Waals surface area (Å²) in [4.78, 5) is 21.7. The Bertz CT molecular complexity index is 423. The standard InChI is InChI=1S/C15H22N2O4/c18-14(19)9-5-2-6-10-16-15(20)17-11-12-21-13-7-3-1-4-8-13/h1,3-4,7-8H,2,5-6,9-12H2,(H,18,19)(H2,16,17,20). The Balaban J connectivity index is 1.93. The molecule has 2 amide bonds. The van der Waals surface area contributed by atoms with Crippen LogP contribution in [0, 0.1) is 0 Å². The maximum absolute atomic E-state index is 11.4. The maximum Gasteiger partial charge on any atom is 0.314 e. The molecule has 0 saturated heterocycles. The Morgan fingerprint density at radius 2 is 1.71 bits per heavy atom. The van der Waals surface area contributed by atoms with Gasteiger partial charge in [0.1, 0.15) is 12.4 Å². The topological polar surface area (TPSA) is 87.7 Å². The molecule has 0 aliphatic rings. The van der Waals surface area contributed by atoms with Crippen molar-refractivity contribution in [3.8, 4) is 5.75 Å². The molecule has 0 heterocycles. The number of carboxylic acid groups (broad SMARTS) is 1. The summed E-state index contributed by atoms with van der Waals surface area (Å²) in [5, 5.41) is 13.9. The highest BCUT2D eigenvalue weighted by molar-refractivity contribution is 5.73. The van der Waals surface area contributed by atoms with E-state index in [1.807, 2.05) is 30.3 Å². The van der Waals surface area contributed by atoms with Crippen LogP contribution in [-0.2, 0) is 4.79 Å². The van der Waals surface area contributed by atoms with E-state index in [4.69, 9.17) is 9.84 Å². The first-order valence-corrected chi connectivity index (χ1v) is 7.10. The largest absolute Gasteiger partial charge is 0.492 e. The van der Waals surface area contributed by atoms with Crippen LogP contribution in [0.4, 0.5) is 4.79 Å². The molecule has 0 radical (unpaired) electrons. The van der Waals surface area contributed by atoms with Crippen LogP contribution in [0.1, 0.15) is 25.7 Å². The Morgan fingerprint density at radius 3 is 2.43 bits per heavy atom. The number of unbranched alkanes of at least 4 members (excludes halogenated alkanes) is 2. The third kappa shape index (κ3) is 9.32. The summed E-state index contributed by atoms with van der Waals surface area (Å²) in [6, 6.07) is 9.17. The average Bonchev–Trinajstić information content (AvgIpc) is 2.48. The fourth-order valence-electron chi connectivity index (χ4n) is 1.69. The van der Waals surface area contributed by atoms with Gasteiger partial charge >= 0.3 is 12.0 Å². The third-order valence-electron chi connectivity index (χ3n) is 2.75. The van der Waals surface area contributed by atoms with Gasteiger partial charge in [-0.25, -0.2) is 4.79 Å². The molecule has 0 aliphatic carbocycles. The zero-order valence-electron chi connectivity index (χ0n) is 12.0. The highest BCUT2D eigenvalue weighted by Gasteiger charge is 2.00. The van der Waals surface area contributed by atoms with Crippen molar-refractivity contribution >= 4 is 12.0 Å². The first-order valence-electron chi connectivity index (χ1n) is 7.10. The van der Waals surface area contributed by atoms with Crippen molar-refractivity contribution in [2.45, 2.75) is 25.7 Å². The number of rotatable bonds is 10. The first kappa shape index (κ1) is 16.8. The first-order chi connectivity index (χ1) is 10.2. The van der Waals surface area contributed by atoms with E-state index >= 15 is 0 Å². The molecule has 1 aromatic rings. The number of aliphatic carboxylic acids is 1. The van der Waals surface area contributed by atoms with Crippen LogP contribution in [0.2, 0.25) is 0 Å². The van der Waals surface area contributed by atoms with Crippen molar-refractivity contribution in [2.24, 2.45) is 0 Å². The second kappa shape index (κ2) is 10.5. The lowest BCUT2D eigenvalue weighted by Gasteiger charge is -2.08. The summed E-state index contributed by atoms with van der Waals surface area (Å²) < 4.78 is 5.44. The van der Waals surface area contributed by atoms with Crippen molar-refractivity contribution in [3.05, 3.63) is 30.3 Å². The summed E-state index contributed by atoms with van der Waals surface area (Å²) in [5.74, 6) is -0.00254. The van der Waals surface area contributed by atoms with Crippen LogP contribution in [0.5, 0.6) is 5.75 Å². The number of carboxylic acids is 1. The summed E-state index contributed by atoms with van der Waals surface area (Å²) in [5.41, 5.74) is 0. The summed E-state index contributed by atoms with van der Waals surface area (Å²) >= 11 is 0. The number of amides is 2. The Hall–Kier alpha value is -2.24. The molecular weight excluding hydrogens is 272 g/mol. The van der Waals surface area contributed by atoms with Crippen LogP contribution < -0.4 is 15.4 Å². The van der Waals surface area contributed by atoms with Gasteiger partial charge in [-0.2, -0.15) is 0 Å². The minimum atomic E-state index is -0.779. The van der Waals surface area contributed by atoms with Crippen molar-refractivity contribution in [1.82, 2.24) is 10.6 Å². The van der Waals surface area contributed by atoms with Crippen molar-refractivity contribution in [3.63, 3.8) is 0 Å². The minimum Gasteiger partial charge on any atom is -0.492 e. The number of urea groups is 1. The van der Waals surface area contributed by atoms with Gasteiger partial charge in [0.25, 0.3) is 0 Å². The SMILES string of the molecule is O=C(O)CCCCCNC(=O)NCCOc1ccccc1. The molecule has 0 bridgehead atoms. The van der Waals surface area contributed by atoms with E-state index in [-0.39, 0.29) is 12.5 Å². The highest BCUT2D eigenvalue weighted by atomic mass is 16.5. The lowest BCUT2D eigenvalue weighted by Crippen LogP contribution is -2.38. The summed E-state index contributed by atoms with van der Waals surface area (Å²) in [6.07, 6.45) is 2.40. The summed E-state index contributed by atoms with van der Waals surface area (Å²) in [6.45, 7) is 1.39. The Morgan fingerprint density at radius 1 is 1.00 bits per heavy atom. The number of hydrogen-bond donors (Lipinski definition) is 3. The van der Waals surface area contributed by atoms with Gasteiger partial charge in [-0.1, -0.05) is 24.6 Å². The Kier molecular flexibility index (Phi) is 8.44. The predicted molar refractivity (Wildman–Crippen MR) is 79.4 cm³/mol. The molecule has 116 valence electrons. The van der Waals surface area contributed by atoms with Gasteiger partial charge in [-0.15, -0.1) is 0 Å². The van der Waals surface area contributed by atoms with E-state index in [1.165, 1.54) is 0 Å². The maximum atomic E-state index is 11.4. The molecule has 21 heavy (non-hydrogen) atoms. The fraction of sp³-hybridized carbons (Fsp3) is 0.467. The van der Waals surface area contributed by atoms with E-state index < -0.39 is 5.97 Å². The number of carbonyl (C=O) groups is 2. The molecule has 6 heteroatoms. The van der Waals surface area contributed by atoms with Gasteiger partial charge in [-0.3, -0.25) is 4.79 Å². The van der Waals surface area contributed by atoms with Crippen LogP contribution in [0.3, 0.4) is 0 Å². The minimum absolute atomic E-state index is 0.184. The molecule has 3 N–H and O–H groups in total. The highest BCUT2D eigenvalue weighted by Crippen LogP contribution is 2.07. The molecule has 0 spiro atoms. The second-order valence-electron chi connectivity index (χ2n) is 4.55. The number of hydrogen-bond acceptors (Lipinski definition) is 3. The lowest BCUT2D eigenvalue weighted by molar-refractivity contribution is -0.137. The quantitative estimate of drug-likeness (QED) is 0.576. The van der Waals surface area contributed by atoms with E-state index in [1.54, 1.807) is 0 Å². The van der Waals surface area contributed by atoms with Gasteiger partial charge < -0.3 is 20.5 Å². The van der Waals surface area contributed by atoms with Crippen molar-refractivity contribution in [2.75, 3.05) is 19.7 Å². The lowest BCUT2D eigenvalue weighted by atomic mass is 10.2. The van der Waals surface area contributed by atoms with Gasteiger partial charge in [0.2, 0.25) is 0 Å². The van der Waals surface area contributed by atoms with Gasteiger partial charge in [0, 0.05) is 13.0 Å². The van der Waals surface area contributed by atoms with Crippen molar-refractivity contribution in [1.29, 1.82) is 0 Å². The molecular formula is C15H22N2O4. The molecule has 6 nitrogen and oxygen atoms in total. The van der Waals surface area contributed by atoms with Crippen LogP contribution >= 0.6 is 0 Å². The Labute approximate surface area is 124 Å². The zero-order valence-corrected chi connectivity index (χ0v) is 12.0. The molecule has 0 fully saturated rings. The molecule has 1 aromatic carbocycles. The predicted octanol–water partition coefficient (Wildman–Crippen LogP) is 2.01. The fourth-order valence-corrected chi connectivity index (χ4v) is 1.69. The number of nitrogens with one attached hydrogen (secondary N) is 2. The average molecular weight is 294 g/mol. The van der Waals surface area contributed by atoms with E-state index in [2.05, 4.69) is 10.6 Å². The van der Waals surface area contributed by atoms with Crippen LogP contribution in [0.25, 0.3) is 0 Å². The number of para-hydroxylation sites is 1. The number of benzene rings is 1. The molecule has 0 unspecified atom stereocenters. The van der Waals surface area contributed by atoms with Gasteiger partial charge in [0.15, 0.2) is 0 Å². The molecule has 0 atom stereocenters. The molecule has 0 aliphatic heterocycles. The van der Waals surface area contributed by atoms with Gasteiger partial charge in [-0.05, 0) is 25.0 Å². The van der Waals surface area contributed by atoms with E-state index in [0.29, 0.717) is 26.1 Å².